The van der Waals surface area contributed by atoms with E-state index >= 15 is 4.39 Å². The number of halogens is 3. The van der Waals surface area contributed by atoms with Gasteiger partial charge in [-0.2, -0.15) is 4.98 Å². The van der Waals surface area contributed by atoms with E-state index in [1.165, 1.54) is 51.3 Å². The molecular formula is C44H51Cl2FN10O11P2S2Si. The Kier molecular flexibility index (Phi) is 16.0. The van der Waals surface area contributed by atoms with Crippen molar-refractivity contribution in [2.75, 3.05) is 23.8 Å². The molecular weight excluding hydrogens is 1090 g/mol. The summed E-state index contributed by atoms with van der Waals surface area (Å²) in [6.45, 7) is 12.7. The molecule has 73 heavy (non-hydrogen) atoms. The van der Waals surface area contributed by atoms with Gasteiger partial charge in [-0.25, -0.2) is 28.9 Å². The Balaban J connectivity index is 1.08. The minimum Gasteiger partial charge on any atom is -0.410 e. The van der Waals surface area contributed by atoms with Crippen molar-refractivity contribution in [1.82, 2.24) is 39.0 Å². The zero-order valence-electron chi connectivity index (χ0n) is 40.2. The lowest BCUT2D eigenvalue weighted by atomic mass is 10.1. The van der Waals surface area contributed by atoms with E-state index in [2.05, 4.69) is 40.5 Å². The molecule has 4 aromatic heterocycles. The number of rotatable bonds is 11. The van der Waals surface area contributed by atoms with Gasteiger partial charge < -0.3 is 28.4 Å². The van der Waals surface area contributed by atoms with Gasteiger partial charge in [-0.1, -0.05) is 93.5 Å². The van der Waals surface area contributed by atoms with Crippen LogP contribution in [0.4, 0.5) is 16.2 Å². The molecule has 29 heteroatoms. The molecule has 3 fully saturated rings. The molecule has 3 saturated heterocycles. The molecule has 3 aliphatic rings. The quantitative estimate of drug-likeness (QED) is 0.0695. The van der Waals surface area contributed by atoms with Crippen molar-refractivity contribution >= 4 is 116 Å². The number of hydrogen-bond donors (Lipinski definition) is 4. The minimum absolute atomic E-state index is 0.0440. The number of benzene rings is 2. The Morgan fingerprint density at radius 2 is 1.78 bits per heavy atom. The van der Waals surface area contributed by atoms with Gasteiger partial charge in [-0.05, 0) is 48.0 Å². The Morgan fingerprint density at radius 1 is 1.04 bits per heavy atom. The fraction of sp³-hybridized carbons (Fsp3) is 0.455. The molecule has 0 saturated carbocycles. The van der Waals surface area contributed by atoms with E-state index in [-0.39, 0.29) is 51.5 Å². The molecule has 0 aliphatic carbocycles. The first kappa shape index (κ1) is 53.9. The Labute approximate surface area is 438 Å². The van der Waals surface area contributed by atoms with Crippen molar-refractivity contribution < 1.29 is 50.7 Å². The number of nitrogens with one attached hydrogen (secondary N) is 3. The highest BCUT2D eigenvalue weighted by Gasteiger charge is 2.56. The van der Waals surface area contributed by atoms with Crippen molar-refractivity contribution in [3.05, 3.63) is 99.0 Å². The third kappa shape index (κ3) is 11.6. The lowest BCUT2D eigenvalue weighted by Gasteiger charge is -2.41. The molecule has 9 rings (SSSR count). The predicted molar refractivity (Wildman–Crippen MR) is 279 cm³/mol. The summed E-state index contributed by atoms with van der Waals surface area (Å²) in [5, 5.41) is 4.16. The number of ether oxygens (including phenoxy) is 1. The number of H-pyrrole nitrogens is 1. The maximum atomic E-state index is 17.4. The van der Waals surface area contributed by atoms with Crippen LogP contribution in [0.25, 0.3) is 22.3 Å². The summed E-state index contributed by atoms with van der Waals surface area (Å²) in [4.78, 5) is 75.5. The lowest BCUT2D eigenvalue weighted by molar-refractivity contribution is -0.118. The molecule has 3 aliphatic heterocycles. The van der Waals surface area contributed by atoms with Gasteiger partial charge in [0.2, 0.25) is 19.4 Å². The number of nitrogens with zero attached hydrogens (tertiary/aromatic N) is 7. The number of phosphoric ester groups is 1. The number of thioether (sulfide) groups is 1. The summed E-state index contributed by atoms with van der Waals surface area (Å²) in [6, 6.07) is 13.5. The van der Waals surface area contributed by atoms with E-state index in [0.717, 1.165) is 0 Å². The van der Waals surface area contributed by atoms with Crippen LogP contribution in [0.3, 0.4) is 0 Å². The predicted octanol–water partition coefficient (Wildman–Crippen LogP) is 9.43. The molecule has 2 amide bonds. The summed E-state index contributed by atoms with van der Waals surface area (Å²) in [5.74, 6) is -1.13. The van der Waals surface area contributed by atoms with Crippen LogP contribution in [0.5, 0.6) is 0 Å². The Morgan fingerprint density at radius 3 is 2.51 bits per heavy atom. The molecule has 2 bridgehead atoms. The second-order valence-corrected chi connectivity index (χ2v) is 30.6. The number of carbonyl (C=O) groups is 2. The number of imidazole rings is 2. The monoisotopic (exact) mass is 1140 g/mol. The van der Waals surface area contributed by atoms with E-state index in [0.29, 0.717) is 21.2 Å². The van der Waals surface area contributed by atoms with E-state index < -0.39 is 101 Å². The maximum absolute atomic E-state index is 17.4. The van der Waals surface area contributed by atoms with Gasteiger partial charge in [0.25, 0.3) is 11.5 Å². The van der Waals surface area contributed by atoms with Crippen molar-refractivity contribution in [2.45, 2.75) is 106 Å². The molecule has 0 radical (unpaired) electrons. The number of amides is 2. The second kappa shape index (κ2) is 21.6. The average Bonchev–Trinajstić information content (AvgIpc) is 4.10. The fourth-order valence-corrected chi connectivity index (χ4v) is 15.5. The number of alkyl halides is 1. The van der Waals surface area contributed by atoms with Gasteiger partial charge in [0, 0.05) is 27.3 Å². The first-order valence-corrected chi connectivity index (χ1v) is 31.7. The molecule has 10 atom stereocenters. The molecule has 390 valence electrons. The lowest BCUT2D eigenvalue weighted by Crippen LogP contribution is -2.50. The average molecular weight is 1140 g/mol. The smallest absolute Gasteiger partial charge is 0.410 e. The summed E-state index contributed by atoms with van der Waals surface area (Å²) in [6.07, 6.45) is -4.78. The van der Waals surface area contributed by atoms with Gasteiger partial charge in [0.05, 0.1) is 37.2 Å². The van der Waals surface area contributed by atoms with Crippen LogP contribution >= 0.6 is 61.7 Å². The first-order valence-electron chi connectivity index (χ1n) is 22.8. The van der Waals surface area contributed by atoms with E-state index in [1.54, 1.807) is 62.4 Å². The zero-order chi connectivity index (χ0) is 52.1. The van der Waals surface area contributed by atoms with Crippen molar-refractivity contribution in [2.24, 2.45) is 5.92 Å². The minimum atomic E-state index is -5.16. The van der Waals surface area contributed by atoms with E-state index in [9.17, 15) is 23.8 Å². The number of carbonyl (C=O) groups excluding carboxylic acids is 2. The van der Waals surface area contributed by atoms with Gasteiger partial charge in [0.1, 0.15) is 30.0 Å². The van der Waals surface area contributed by atoms with Gasteiger partial charge in [0.15, 0.2) is 48.9 Å². The number of phosphoric acid groups is 1. The highest BCUT2D eigenvalue weighted by Crippen LogP contribution is 2.61. The molecule has 6 aromatic rings. The maximum Gasteiger partial charge on any atom is 0.472 e. The summed E-state index contributed by atoms with van der Waals surface area (Å²) in [5.41, 5.74) is 0.628. The molecule has 2 aromatic carbocycles. The van der Waals surface area contributed by atoms with Gasteiger partial charge in [-0.3, -0.25) is 42.9 Å². The number of aromatic amines is 1. The number of hydrogen-bond acceptors (Lipinski definition) is 17. The van der Waals surface area contributed by atoms with Crippen LogP contribution in [-0.4, -0.2) is 113 Å². The molecule has 0 spiro atoms. The third-order valence-electron chi connectivity index (χ3n) is 12.7. The van der Waals surface area contributed by atoms with Crippen molar-refractivity contribution in [3.8, 4) is 0 Å². The van der Waals surface area contributed by atoms with Crippen LogP contribution in [0.1, 0.15) is 62.1 Å². The van der Waals surface area contributed by atoms with Gasteiger partial charge in [-0.15, -0.1) is 11.8 Å². The number of aromatic nitrogens is 8. The second-order valence-electron chi connectivity index (χ2n) is 19.1. The normalized spacial score (nSPS) is 27.1. The Bertz CT molecular complexity index is 3140. The molecule has 7 heterocycles. The topological polar surface area (TPSA) is 258 Å². The fourth-order valence-electron chi connectivity index (χ4n) is 7.79. The molecule has 21 nitrogen and oxygen atoms in total. The SMILES string of the molecule is CC(C)C(=O)Nc1nc2c(ncn2[C@@H]2S[C@@H]3COP(SCc4ccc(Cl)cc4Cl)O[C@H]4[C@H](F)[C@H](n5cnc6c(NC(=O)c7ccccc7)ncnc65)O[C@@H]4COP(=O)(O)O[C@@H]2[C@@H]3O[Si](C)(C)C(C)(C)C)c(=O)[nH]1. The number of fused-ring (bicyclic) bond motifs is 5. The summed E-state index contributed by atoms with van der Waals surface area (Å²) in [7, 11) is -10.1. The summed E-state index contributed by atoms with van der Waals surface area (Å²) >= 11 is 15.3. The number of anilines is 2. The third-order valence-corrected chi connectivity index (χ3v) is 23.3. The van der Waals surface area contributed by atoms with Crippen molar-refractivity contribution in [3.63, 3.8) is 0 Å². The highest BCUT2D eigenvalue weighted by molar-refractivity contribution is 8.52. The summed E-state index contributed by atoms with van der Waals surface area (Å²) < 4.78 is 73.5. The first-order chi connectivity index (χ1) is 34.6. The molecule has 4 N–H and O–H groups in total. The van der Waals surface area contributed by atoms with E-state index in [1.807, 2.05) is 33.9 Å². The van der Waals surface area contributed by atoms with Crippen LogP contribution < -0.4 is 16.2 Å². The van der Waals surface area contributed by atoms with Gasteiger partial charge >= 0.3 is 7.82 Å². The Hall–Kier alpha value is -3.91. The highest BCUT2D eigenvalue weighted by atomic mass is 35.5. The van der Waals surface area contributed by atoms with Crippen LogP contribution in [0.2, 0.25) is 28.2 Å². The van der Waals surface area contributed by atoms with Crippen LogP contribution in [0, 0.1) is 5.92 Å². The zero-order valence-corrected chi connectivity index (χ0v) is 46.1. The van der Waals surface area contributed by atoms with Crippen molar-refractivity contribution in [1.29, 1.82) is 0 Å². The van der Waals surface area contributed by atoms with Crippen LogP contribution in [0.15, 0.2) is 72.3 Å². The molecule has 2 unspecified atom stereocenters. The largest absolute Gasteiger partial charge is 0.472 e. The standard InChI is InChI=1S/C44H51Cl2FN10O11P2S2Si/c1-22(2)38(58)54-43-53-37-31(40(60)55-43)51-21-57(37)42-34-33(68-73(6,7)44(3,4)5)28(72-42)17-63-69(71-18-24-13-14-25(45)15-26(24)46)66-32-27(16-64-70(61,62)67-34)65-41(29(32)47)56-20-50-30-35(48-19-49-36(30)56)52-39(59)23-11-9-8-10-12-23/h8-15,19-22,27-29,32-34,41-42H,16-18H2,1-7H3,(H,61,62)(H,48,49,52,59)(H2,53,54,55,58,60)/t27-,28-,29+,32-,33-,34-,41-,42-,69?/m1/s1. The van der Waals surface area contributed by atoms with Crippen LogP contribution in [-0.2, 0) is 42.4 Å². The van der Waals surface area contributed by atoms with E-state index in [4.69, 9.17) is 50.5 Å².